The highest BCUT2D eigenvalue weighted by atomic mass is 16.6. The Morgan fingerprint density at radius 3 is 2.36 bits per heavy atom. The van der Waals surface area contributed by atoms with E-state index >= 15 is 0 Å². The maximum atomic E-state index is 9.88. The Hall–Kier alpha value is -0.690. The zero-order valence-electron chi connectivity index (χ0n) is 5.67. The Kier molecular flexibility index (Phi) is 4.71. The third-order valence-electron chi connectivity index (χ3n) is 0.868. The molecular formula is C5H10O6. The van der Waals surface area contributed by atoms with E-state index in [-0.39, 0.29) is 0 Å². The average molecular weight is 166 g/mol. The number of carbonyl (C=O) groups is 1. The Morgan fingerprint density at radius 2 is 2.00 bits per heavy atom. The fraction of sp³-hybridized carbons (Fsp3) is 0.800. The summed E-state index contributed by atoms with van der Waals surface area (Å²) in [5, 5.41) is 33.3. The molecule has 0 bridgehead atoms. The van der Waals surface area contributed by atoms with Crippen LogP contribution in [0.5, 0.6) is 0 Å². The van der Waals surface area contributed by atoms with Gasteiger partial charge in [-0.2, -0.15) is 0 Å². The van der Waals surface area contributed by atoms with Gasteiger partial charge in [-0.1, -0.05) is 0 Å². The molecule has 0 aliphatic heterocycles. The van der Waals surface area contributed by atoms with Crippen LogP contribution in [0.3, 0.4) is 0 Å². The number of carboxylic acids is 1. The summed E-state index contributed by atoms with van der Waals surface area (Å²) in [4.78, 5) is 9.88. The van der Waals surface area contributed by atoms with Crippen LogP contribution in [-0.2, 0) is 9.53 Å². The molecule has 0 aromatic carbocycles. The average Bonchev–Trinajstić information content (AvgIpc) is 1.99. The number of hydrogen-bond donors (Lipinski definition) is 4. The van der Waals surface area contributed by atoms with Gasteiger partial charge in [-0.05, 0) is 0 Å². The van der Waals surface area contributed by atoms with Crippen molar-refractivity contribution < 1.29 is 30.0 Å². The zero-order valence-corrected chi connectivity index (χ0v) is 5.67. The van der Waals surface area contributed by atoms with Crippen molar-refractivity contribution in [3.63, 3.8) is 0 Å². The van der Waals surface area contributed by atoms with Gasteiger partial charge in [-0.15, -0.1) is 0 Å². The zero-order chi connectivity index (χ0) is 8.85. The van der Waals surface area contributed by atoms with Gasteiger partial charge in [0, 0.05) is 0 Å². The number of aliphatic hydroxyl groups is 3. The largest absolute Gasteiger partial charge is 0.477 e. The molecule has 0 spiro atoms. The van der Waals surface area contributed by atoms with E-state index in [1.165, 1.54) is 0 Å². The van der Waals surface area contributed by atoms with E-state index in [0.717, 1.165) is 0 Å². The Morgan fingerprint density at radius 1 is 1.45 bits per heavy atom. The molecule has 2 atom stereocenters. The summed E-state index contributed by atoms with van der Waals surface area (Å²) in [6.45, 7) is -0.948. The van der Waals surface area contributed by atoms with Gasteiger partial charge in [0.05, 0.1) is 13.2 Å². The van der Waals surface area contributed by atoms with Gasteiger partial charge >= 0.3 is 5.97 Å². The summed E-state index contributed by atoms with van der Waals surface area (Å²) in [7, 11) is 0. The molecule has 0 aliphatic carbocycles. The first-order valence-corrected chi connectivity index (χ1v) is 2.89. The molecule has 0 heterocycles. The standard InChI is InChI=1S/C5H10O6/c6-1-3(7)2-11-5(10)4(8)9/h3,5-7,10H,1-2H2,(H,8,9). The summed E-state index contributed by atoms with van der Waals surface area (Å²) in [6.07, 6.45) is -3.11. The molecule has 4 N–H and O–H groups in total. The highest BCUT2D eigenvalue weighted by Gasteiger charge is 2.14. The van der Waals surface area contributed by atoms with Gasteiger partial charge in [-0.25, -0.2) is 4.79 Å². The lowest BCUT2D eigenvalue weighted by Gasteiger charge is -2.09. The minimum absolute atomic E-state index is 0.413. The van der Waals surface area contributed by atoms with Crippen molar-refractivity contribution in [1.82, 2.24) is 0 Å². The summed E-state index contributed by atoms with van der Waals surface area (Å²) in [6, 6.07) is 0. The topological polar surface area (TPSA) is 107 Å². The normalized spacial score (nSPS) is 15.9. The number of carboxylic acid groups (broad SMARTS) is 1. The minimum Gasteiger partial charge on any atom is -0.477 e. The second-order valence-corrected chi connectivity index (χ2v) is 1.86. The van der Waals surface area contributed by atoms with Crippen LogP contribution in [0.25, 0.3) is 0 Å². The lowest BCUT2D eigenvalue weighted by atomic mass is 10.4. The van der Waals surface area contributed by atoms with Crippen LogP contribution in [0, 0.1) is 0 Å². The first-order valence-electron chi connectivity index (χ1n) is 2.89. The molecule has 2 unspecified atom stereocenters. The second-order valence-electron chi connectivity index (χ2n) is 1.86. The maximum Gasteiger partial charge on any atom is 0.360 e. The van der Waals surface area contributed by atoms with Crippen molar-refractivity contribution in [3.05, 3.63) is 0 Å². The van der Waals surface area contributed by atoms with E-state index in [0.29, 0.717) is 0 Å². The summed E-state index contributed by atoms with van der Waals surface area (Å²) >= 11 is 0. The molecule has 0 saturated heterocycles. The van der Waals surface area contributed by atoms with Crippen molar-refractivity contribution in [1.29, 1.82) is 0 Å². The Balaban J connectivity index is 3.45. The fourth-order valence-electron chi connectivity index (χ4n) is 0.326. The number of aliphatic carboxylic acids is 1. The molecule has 0 aromatic rings. The van der Waals surface area contributed by atoms with Crippen molar-refractivity contribution in [3.8, 4) is 0 Å². The summed E-state index contributed by atoms with van der Waals surface area (Å²) < 4.78 is 4.20. The van der Waals surface area contributed by atoms with E-state index in [2.05, 4.69) is 4.74 Å². The van der Waals surface area contributed by atoms with Crippen LogP contribution in [-0.4, -0.2) is 52.0 Å². The third-order valence-corrected chi connectivity index (χ3v) is 0.868. The molecule has 0 rings (SSSR count). The van der Waals surface area contributed by atoms with E-state index < -0.39 is 31.6 Å². The molecule has 66 valence electrons. The number of aliphatic hydroxyl groups excluding tert-OH is 3. The molecule has 0 aliphatic rings. The van der Waals surface area contributed by atoms with Gasteiger partial charge in [0.15, 0.2) is 0 Å². The van der Waals surface area contributed by atoms with Crippen LogP contribution in [0.1, 0.15) is 0 Å². The van der Waals surface area contributed by atoms with E-state index in [1.807, 2.05) is 0 Å². The fourth-order valence-corrected chi connectivity index (χ4v) is 0.326. The predicted octanol–water partition coefficient (Wildman–Crippen LogP) is -2.24. The molecule has 6 nitrogen and oxygen atoms in total. The van der Waals surface area contributed by atoms with Crippen LogP contribution in [0.2, 0.25) is 0 Å². The van der Waals surface area contributed by atoms with E-state index in [1.54, 1.807) is 0 Å². The van der Waals surface area contributed by atoms with Crippen LogP contribution >= 0.6 is 0 Å². The Bertz CT molecular complexity index is 124. The van der Waals surface area contributed by atoms with Crippen molar-refractivity contribution in [2.75, 3.05) is 13.2 Å². The highest BCUT2D eigenvalue weighted by Crippen LogP contribution is 1.89. The van der Waals surface area contributed by atoms with Gasteiger partial charge in [0.2, 0.25) is 0 Å². The lowest BCUT2D eigenvalue weighted by Crippen LogP contribution is -2.29. The molecule has 0 fully saturated rings. The minimum atomic E-state index is -1.95. The lowest BCUT2D eigenvalue weighted by molar-refractivity contribution is -0.181. The summed E-state index contributed by atoms with van der Waals surface area (Å²) in [5.74, 6) is -1.53. The quantitative estimate of drug-likeness (QED) is 0.344. The third kappa shape index (κ3) is 4.68. The number of hydrogen-bond acceptors (Lipinski definition) is 5. The molecule has 0 radical (unpaired) electrons. The van der Waals surface area contributed by atoms with E-state index in [9.17, 15) is 4.79 Å². The van der Waals surface area contributed by atoms with Gasteiger partial charge in [-0.3, -0.25) is 0 Å². The van der Waals surface area contributed by atoms with Crippen molar-refractivity contribution in [2.45, 2.75) is 12.4 Å². The predicted molar refractivity (Wildman–Crippen MR) is 32.7 cm³/mol. The van der Waals surface area contributed by atoms with Gasteiger partial charge in [0.25, 0.3) is 6.29 Å². The molecular weight excluding hydrogens is 156 g/mol. The van der Waals surface area contributed by atoms with Crippen molar-refractivity contribution in [2.24, 2.45) is 0 Å². The van der Waals surface area contributed by atoms with Crippen LogP contribution < -0.4 is 0 Å². The summed E-state index contributed by atoms with van der Waals surface area (Å²) in [5.41, 5.74) is 0. The first kappa shape index (κ1) is 10.3. The SMILES string of the molecule is O=C(O)C(O)OCC(O)CO. The molecule has 0 aromatic heterocycles. The molecule has 0 saturated carbocycles. The maximum absolute atomic E-state index is 9.88. The van der Waals surface area contributed by atoms with Gasteiger partial charge in [0.1, 0.15) is 6.10 Å². The number of ether oxygens (including phenoxy) is 1. The molecule has 0 amide bonds. The number of rotatable bonds is 5. The smallest absolute Gasteiger partial charge is 0.360 e. The monoisotopic (exact) mass is 166 g/mol. The van der Waals surface area contributed by atoms with E-state index in [4.69, 9.17) is 20.4 Å². The van der Waals surface area contributed by atoms with Crippen molar-refractivity contribution >= 4 is 5.97 Å². The first-order chi connectivity index (χ1) is 5.07. The Labute approximate surface area is 62.7 Å². The van der Waals surface area contributed by atoms with Gasteiger partial charge < -0.3 is 25.2 Å². The highest BCUT2D eigenvalue weighted by molar-refractivity contribution is 5.70. The van der Waals surface area contributed by atoms with Crippen LogP contribution in [0.15, 0.2) is 0 Å². The molecule has 11 heavy (non-hydrogen) atoms. The second kappa shape index (κ2) is 5.03. The van der Waals surface area contributed by atoms with Crippen LogP contribution in [0.4, 0.5) is 0 Å². The molecule has 6 heteroatoms.